The number of sulfone groups is 1. The maximum absolute atomic E-state index is 13.1. The highest BCUT2D eigenvalue weighted by molar-refractivity contribution is 7.90. The maximum Gasteiger partial charge on any atom is 0.192 e. The average Bonchev–Trinajstić information content (AvgIpc) is 2.02. The predicted octanol–water partition coefficient (Wildman–Crippen LogP) is 1.19. The van der Waals surface area contributed by atoms with Crippen LogP contribution in [-0.4, -0.2) is 19.7 Å². The van der Waals surface area contributed by atoms with E-state index in [-0.39, 0.29) is 5.03 Å². The summed E-state index contributed by atoms with van der Waals surface area (Å²) in [7, 11) is -3.40. The fourth-order valence-corrected chi connectivity index (χ4v) is 1.47. The van der Waals surface area contributed by atoms with Crippen molar-refractivity contribution < 1.29 is 12.8 Å². The van der Waals surface area contributed by atoms with E-state index in [0.717, 1.165) is 12.3 Å². The summed E-state index contributed by atoms with van der Waals surface area (Å²) in [5.74, 6) is -0.516. The number of nitrogens with zero attached hydrogens (tertiary/aromatic N) is 1. The first-order valence-corrected chi connectivity index (χ1v) is 5.68. The number of hydrogen-bond acceptors (Lipinski definition) is 3. The Morgan fingerprint density at radius 3 is 2.54 bits per heavy atom. The van der Waals surface area contributed by atoms with Gasteiger partial charge in [-0.05, 0) is 6.42 Å². The molecule has 0 atom stereocenters. The van der Waals surface area contributed by atoms with Crippen LogP contribution < -0.4 is 0 Å². The van der Waals surface area contributed by atoms with E-state index in [9.17, 15) is 12.8 Å². The van der Waals surface area contributed by atoms with E-state index in [2.05, 4.69) is 4.98 Å². The first-order chi connectivity index (χ1) is 5.95. The SMILES string of the molecule is CCc1cnc(S(C)(=O)=O)cc1F. The van der Waals surface area contributed by atoms with Gasteiger partial charge in [0.2, 0.25) is 0 Å². The zero-order valence-electron chi connectivity index (χ0n) is 7.41. The molecule has 0 bridgehead atoms. The Morgan fingerprint density at radius 1 is 1.54 bits per heavy atom. The zero-order valence-corrected chi connectivity index (χ0v) is 8.23. The van der Waals surface area contributed by atoms with E-state index < -0.39 is 15.7 Å². The van der Waals surface area contributed by atoms with Gasteiger partial charge in [-0.1, -0.05) is 6.92 Å². The van der Waals surface area contributed by atoms with Crippen LogP contribution in [0, 0.1) is 5.82 Å². The molecule has 1 aromatic rings. The van der Waals surface area contributed by atoms with Crippen LogP contribution >= 0.6 is 0 Å². The molecule has 3 nitrogen and oxygen atoms in total. The molecule has 1 heterocycles. The molecule has 13 heavy (non-hydrogen) atoms. The first kappa shape index (κ1) is 10.1. The molecular formula is C8H10FNO2S. The van der Waals surface area contributed by atoms with E-state index in [1.807, 2.05) is 0 Å². The van der Waals surface area contributed by atoms with E-state index in [0.29, 0.717) is 12.0 Å². The van der Waals surface area contributed by atoms with Gasteiger partial charge in [-0.15, -0.1) is 0 Å². The predicted molar refractivity (Wildman–Crippen MR) is 46.7 cm³/mol. The molecule has 0 aliphatic carbocycles. The summed E-state index contributed by atoms with van der Waals surface area (Å²) in [4.78, 5) is 3.65. The van der Waals surface area contributed by atoms with Crippen LogP contribution in [0.2, 0.25) is 0 Å². The Balaban J connectivity index is 3.26. The summed E-state index contributed by atoms with van der Waals surface area (Å²) in [6.07, 6.45) is 2.76. The maximum atomic E-state index is 13.1. The van der Waals surface area contributed by atoms with E-state index in [4.69, 9.17) is 0 Å². The molecule has 0 aliphatic heterocycles. The Labute approximate surface area is 76.5 Å². The molecular weight excluding hydrogens is 193 g/mol. The van der Waals surface area contributed by atoms with Crippen molar-refractivity contribution in [2.24, 2.45) is 0 Å². The van der Waals surface area contributed by atoms with Crippen molar-refractivity contribution in [1.82, 2.24) is 4.98 Å². The summed E-state index contributed by atoms with van der Waals surface area (Å²) in [5.41, 5.74) is 0.424. The summed E-state index contributed by atoms with van der Waals surface area (Å²) in [5, 5.41) is -0.220. The van der Waals surface area contributed by atoms with Gasteiger partial charge in [0.1, 0.15) is 5.82 Å². The van der Waals surface area contributed by atoms with Crippen molar-refractivity contribution >= 4 is 9.84 Å². The monoisotopic (exact) mass is 203 g/mol. The number of aromatic nitrogens is 1. The van der Waals surface area contributed by atoms with E-state index in [1.54, 1.807) is 6.92 Å². The second kappa shape index (κ2) is 3.41. The molecule has 0 saturated heterocycles. The van der Waals surface area contributed by atoms with Crippen LogP contribution in [0.4, 0.5) is 4.39 Å². The third-order valence-electron chi connectivity index (χ3n) is 1.67. The summed E-state index contributed by atoms with van der Waals surface area (Å²) >= 11 is 0. The van der Waals surface area contributed by atoms with Gasteiger partial charge < -0.3 is 0 Å². The van der Waals surface area contributed by atoms with Crippen molar-refractivity contribution in [2.75, 3.05) is 6.26 Å². The number of hydrogen-bond donors (Lipinski definition) is 0. The van der Waals surface area contributed by atoms with Gasteiger partial charge in [-0.3, -0.25) is 0 Å². The Bertz CT molecular complexity index is 414. The molecule has 0 spiro atoms. The number of pyridine rings is 1. The lowest BCUT2D eigenvalue weighted by molar-refractivity contribution is 0.583. The minimum atomic E-state index is -3.40. The molecule has 0 saturated carbocycles. The summed E-state index contributed by atoms with van der Waals surface area (Å²) in [6.45, 7) is 1.78. The molecule has 5 heteroatoms. The van der Waals surface area contributed by atoms with Crippen LogP contribution in [0.25, 0.3) is 0 Å². The van der Waals surface area contributed by atoms with Crippen LogP contribution in [0.1, 0.15) is 12.5 Å². The molecule has 0 unspecified atom stereocenters. The van der Waals surface area contributed by atoms with Gasteiger partial charge in [0.15, 0.2) is 14.9 Å². The highest BCUT2D eigenvalue weighted by Gasteiger charge is 2.11. The minimum absolute atomic E-state index is 0.220. The molecule has 0 fully saturated rings. The van der Waals surface area contributed by atoms with Crippen molar-refractivity contribution in [2.45, 2.75) is 18.4 Å². The van der Waals surface area contributed by atoms with Crippen molar-refractivity contribution in [3.8, 4) is 0 Å². The highest BCUT2D eigenvalue weighted by atomic mass is 32.2. The van der Waals surface area contributed by atoms with Crippen LogP contribution in [0.15, 0.2) is 17.3 Å². The fraction of sp³-hybridized carbons (Fsp3) is 0.375. The molecule has 0 N–H and O–H groups in total. The van der Waals surface area contributed by atoms with Gasteiger partial charge in [-0.25, -0.2) is 17.8 Å². The third-order valence-corrected chi connectivity index (χ3v) is 2.65. The second-order valence-corrected chi connectivity index (χ2v) is 4.70. The lowest BCUT2D eigenvalue weighted by Crippen LogP contribution is -2.02. The van der Waals surface area contributed by atoms with Gasteiger partial charge in [-0.2, -0.15) is 0 Å². The fourth-order valence-electron chi connectivity index (χ4n) is 0.905. The lowest BCUT2D eigenvalue weighted by Gasteiger charge is -2.00. The third kappa shape index (κ3) is 2.24. The number of aryl methyl sites for hydroxylation is 1. The average molecular weight is 203 g/mol. The van der Waals surface area contributed by atoms with Crippen molar-refractivity contribution in [3.05, 3.63) is 23.6 Å². The lowest BCUT2D eigenvalue weighted by atomic mass is 10.2. The number of halogens is 1. The Hall–Kier alpha value is -0.970. The van der Waals surface area contributed by atoms with Gasteiger partial charge >= 0.3 is 0 Å². The highest BCUT2D eigenvalue weighted by Crippen LogP contribution is 2.11. The van der Waals surface area contributed by atoms with Crippen LogP contribution in [-0.2, 0) is 16.3 Å². The molecule has 0 aliphatic rings. The summed E-state index contributed by atoms with van der Waals surface area (Å²) in [6, 6.07) is 0.953. The molecule has 0 aromatic carbocycles. The molecule has 1 aromatic heterocycles. The smallest absolute Gasteiger partial charge is 0.192 e. The van der Waals surface area contributed by atoms with Gasteiger partial charge in [0, 0.05) is 24.1 Å². The molecule has 0 radical (unpaired) electrons. The zero-order chi connectivity index (χ0) is 10.1. The van der Waals surface area contributed by atoms with E-state index >= 15 is 0 Å². The quantitative estimate of drug-likeness (QED) is 0.725. The van der Waals surface area contributed by atoms with E-state index in [1.165, 1.54) is 6.20 Å². The topological polar surface area (TPSA) is 47.0 Å². The Morgan fingerprint density at radius 2 is 2.15 bits per heavy atom. The van der Waals surface area contributed by atoms with Crippen LogP contribution in [0.3, 0.4) is 0 Å². The van der Waals surface area contributed by atoms with Crippen molar-refractivity contribution in [3.63, 3.8) is 0 Å². The summed E-state index contributed by atoms with van der Waals surface area (Å²) < 4.78 is 35.0. The minimum Gasteiger partial charge on any atom is -0.244 e. The molecule has 72 valence electrons. The second-order valence-electron chi connectivity index (χ2n) is 2.74. The standard InChI is InChI=1S/C8H10FNO2S/c1-3-6-5-10-8(4-7(6)9)13(2,11)12/h4-5H,3H2,1-2H3. The largest absolute Gasteiger partial charge is 0.244 e. The molecule has 1 rings (SSSR count). The first-order valence-electron chi connectivity index (χ1n) is 3.79. The van der Waals surface area contributed by atoms with Gasteiger partial charge in [0.25, 0.3) is 0 Å². The normalized spacial score (nSPS) is 11.6. The van der Waals surface area contributed by atoms with Gasteiger partial charge in [0.05, 0.1) is 0 Å². The number of rotatable bonds is 2. The van der Waals surface area contributed by atoms with Crippen molar-refractivity contribution in [1.29, 1.82) is 0 Å². The van der Waals surface area contributed by atoms with Crippen LogP contribution in [0.5, 0.6) is 0 Å². The molecule has 0 amide bonds. The Kier molecular flexibility index (Phi) is 2.66.